The third kappa shape index (κ3) is 2.07. The van der Waals surface area contributed by atoms with Crippen LogP contribution >= 0.6 is 0 Å². The molecule has 1 aromatic rings. The van der Waals surface area contributed by atoms with Gasteiger partial charge in [-0.05, 0) is 31.6 Å². The highest BCUT2D eigenvalue weighted by Crippen LogP contribution is 2.63. The van der Waals surface area contributed by atoms with E-state index in [-0.39, 0.29) is 5.97 Å². The van der Waals surface area contributed by atoms with E-state index in [1.807, 2.05) is 6.92 Å². The molecule has 1 heterocycles. The lowest BCUT2D eigenvalue weighted by atomic mass is 10.0. The Bertz CT molecular complexity index is 480. The number of nitrogens with zero attached hydrogens (tertiary/aromatic N) is 1. The van der Waals surface area contributed by atoms with Crippen molar-refractivity contribution in [1.29, 1.82) is 0 Å². The van der Waals surface area contributed by atoms with Crippen molar-refractivity contribution in [3.05, 3.63) is 17.0 Å². The summed E-state index contributed by atoms with van der Waals surface area (Å²) in [5.41, 5.74) is 2.87. The van der Waals surface area contributed by atoms with Crippen molar-refractivity contribution >= 4 is 5.97 Å². The van der Waals surface area contributed by atoms with Crippen LogP contribution in [0.3, 0.4) is 0 Å². The Morgan fingerprint density at radius 3 is 3.00 bits per heavy atom. The van der Waals surface area contributed by atoms with Crippen LogP contribution in [-0.2, 0) is 11.2 Å². The van der Waals surface area contributed by atoms with Gasteiger partial charge < -0.3 is 4.74 Å². The third-order valence-corrected chi connectivity index (χ3v) is 4.61. The first-order chi connectivity index (χ1) is 9.27. The van der Waals surface area contributed by atoms with Crippen LogP contribution in [0.15, 0.2) is 0 Å². The van der Waals surface area contributed by atoms with Gasteiger partial charge in [0.2, 0.25) is 0 Å². The number of carbonyl (C=O) groups is 1. The lowest BCUT2D eigenvalue weighted by Gasteiger charge is -2.04. The van der Waals surface area contributed by atoms with Crippen LogP contribution in [0.2, 0.25) is 0 Å². The van der Waals surface area contributed by atoms with E-state index in [1.54, 1.807) is 0 Å². The molecule has 1 aromatic heterocycles. The number of hydrogen-bond acceptors (Lipinski definition) is 3. The first kappa shape index (κ1) is 12.7. The largest absolute Gasteiger partial charge is 0.461 e. The number of esters is 1. The molecule has 0 aliphatic heterocycles. The lowest BCUT2D eigenvalue weighted by molar-refractivity contribution is 0.0518. The topological polar surface area (TPSA) is 55.0 Å². The zero-order valence-electron chi connectivity index (χ0n) is 11.7. The standard InChI is InChI=1S/C15H22N2O2/c1-3-5-6-7-9-10-8-11-13(12(9)10)16-17-14(11)15(18)19-4-2/h9-10,12H,3-8H2,1-2H3,(H,16,17)/t9?,10-,12+/m0/s1. The Morgan fingerprint density at radius 1 is 1.42 bits per heavy atom. The van der Waals surface area contributed by atoms with E-state index in [0.29, 0.717) is 18.2 Å². The van der Waals surface area contributed by atoms with E-state index < -0.39 is 0 Å². The van der Waals surface area contributed by atoms with Crippen LogP contribution in [-0.4, -0.2) is 22.8 Å². The summed E-state index contributed by atoms with van der Waals surface area (Å²) in [5, 5.41) is 7.25. The number of rotatable bonds is 6. The van der Waals surface area contributed by atoms with Crippen LogP contribution in [0.4, 0.5) is 0 Å². The summed E-state index contributed by atoms with van der Waals surface area (Å²) in [6.07, 6.45) is 6.30. The molecule has 1 saturated carbocycles. The summed E-state index contributed by atoms with van der Waals surface area (Å²) in [6.45, 7) is 4.48. The molecule has 0 spiro atoms. The molecular weight excluding hydrogens is 240 g/mol. The summed E-state index contributed by atoms with van der Waals surface area (Å²) in [6, 6.07) is 0. The summed E-state index contributed by atoms with van der Waals surface area (Å²) in [5.74, 6) is 1.95. The molecule has 0 amide bonds. The first-order valence-electron chi connectivity index (χ1n) is 7.52. The number of ether oxygens (including phenoxy) is 1. The number of nitrogens with one attached hydrogen (secondary N) is 1. The maximum atomic E-state index is 11.8. The average molecular weight is 262 g/mol. The Balaban J connectivity index is 1.65. The molecule has 3 atom stereocenters. The fourth-order valence-electron chi connectivity index (χ4n) is 3.64. The van der Waals surface area contributed by atoms with E-state index in [4.69, 9.17) is 4.74 Å². The van der Waals surface area contributed by atoms with Crippen LogP contribution in [0.5, 0.6) is 0 Å². The van der Waals surface area contributed by atoms with Gasteiger partial charge in [-0.3, -0.25) is 5.10 Å². The molecule has 1 N–H and O–H groups in total. The highest BCUT2D eigenvalue weighted by atomic mass is 16.5. The van der Waals surface area contributed by atoms with Crippen LogP contribution < -0.4 is 0 Å². The molecule has 2 aliphatic rings. The Morgan fingerprint density at radius 2 is 2.26 bits per heavy atom. The minimum atomic E-state index is -0.274. The van der Waals surface area contributed by atoms with Crippen molar-refractivity contribution in [1.82, 2.24) is 10.2 Å². The second kappa shape index (κ2) is 4.99. The number of fused-ring (bicyclic) bond motifs is 3. The molecule has 2 aliphatic carbocycles. The summed E-state index contributed by atoms with van der Waals surface area (Å²) in [4.78, 5) is 11.8. The van der Waals surface area contributed by atoms with Gasteiger partial charge >= 0.3 is 5.97 Å². The molecular formula is C15H22N2O2. The minimum Gasteiger partial charge on any atom is -0.461 e. The molecule has 1 unspecified atom stereocenters. The molecule has 1 fully saturated rings. The molecule has 0 radical (unpaired) electrons. The van der Waals surface area contributed by atoms with Gasteiger partial charge in [0.15, 0.2) is 5.69 Å². The van der Waals surface area contributed by atoms with Crippen molar-refractivity contribution in [2.75, 3.05) is 6.61 Å². The van der Waals surface area contributed by atoms with Crippen molar-refractivity contribution in [3.8, 4) is 0 Å². The summed E-state index contributed by atoms with van der Waals surface area (Å²) in [7, 11) is 0. The summed E-state index contributed by atoms with van der Waals surface area (Å²) < 4.78 is 5.05. The van der Waals surface area contributed by atoms with Gasteiger partial charge in [-0.15, -0.1) is 0 Å². The number of H-pyrrole nitrogens is 1. The number of aromatic nitrogens is 2. The normalized spacial score (nSPS) is 26.9. The third-order valence-electron chi connectivity index (χ3n) is 4.61. The van der Waals surface area contributed by atoms with Gasteiger partial charge in [0, 0.05) is 17.2 Å². The SMILES string of the molecule is CCCCCC1[C@H]2c3[nH]nc(C(=O)OCC)c3C[C@@H]12. The van der Waals surface area contributed by atoms with E-state index in [9.17, 15) is 4.79 Å². The van der Waals surface area contributed by atoms with E-state index >= 15 is 0 Å². The number of aromatic amines is 1. The van der Waals surface area contributed by atoms with Gasteiger partial charge in [-0.2, -0.15) is 5.10 Å². The van der Waals surface area contributed by atoms with E-state index in [1.165, 1.54) is 31.4 Å². The zero-order valence-corrected chi connectivity index (χ0v) is 11.7. The fourth-order valence-corrected chi connectivity index (χ4v) is 3.64. The second-order valence-corrected chi connectivity index (χ2v) is 5.74. The van der Waals surface area contributed by atoms with Crippen molar-refractivity contribution in [2.24, 2.45) is 11.8 Å². The Hall–Kier alpha value is -1.32. The molecule has 0 bridgehead atoms. The smallest absolute Gasteiger partial charge is 0.359 e. The van der Waals surface area contributed by atoms with E-state index in [2.05, 4.69) is 17.1 Å². The van der Waals surface area contributed by atoms with Crippen molar-refractivity contribution in [2.45, 2.75) is 51.9 Å². The quantitative estimate of drug-likeness (QED) is 0.633. The zero-order chi connectivity index (χ0) is 13.4. The molecule has 0 saturated heterocycles. The van der Waals surface area contributed by atoms with Gasteiger partial charge in [-0.25, -0.2) is 4.79 Å². The van der Waals surface area contributed by atoms with Gasteiger partial charge in [0.1, 0.15) is 0 Å². The maximum absolute atomic E-state index is 11.8. The predicted octanol–water partition coefficient (Wildman–Crippen LogP) is 3.05. The van der Waals surface area contributed by atoms with Gasteiger partial charge in [0.25, 0.3) is 0 Å². The average Bonchev–Trinajstić information content (AvgIpc) is 2.74. The second-order valence-electron chi connectivity index (χ2n) is 5.74. The molecule has 4 nitrogen and oxygen atoms in total. The highest BCUT2D eigenvalue weighted by molar-refractivity contribution is 5.89. The van der Waals surface area contributed by atoms with Gasteiger partial charge in [-0.1, -0.05) is 26.2 Å². The number of carbonyl (C=O) groups excluding carboxylic acids is 1. The van der Waals surface area contributed by atoms with Crippen molar-refractivity contribution in [3.63, 3.8) is 0 Å². The highest BCUT2D eigenvalue weighted by Gasteiger charge is 2.57. The molecule has 104 valence electrons. The minimum absolute atomic E-state index is 0.274. The molecule has 19 heavy (non-hydrogen) atoms. The number of hydrogen-bond donors (Lipinski definition) is 1. The van der Waals surface area contributed by atoms with Crippen LogP contribution in [0.25, 0.3) is 0 Å². The first-order valence-corrected chi connectivity index (χ1v) is 7.52. The van der Waals surface area contributed by atoms with Crippen LogP contribution in [0.1, 0.15) is 67.2 Å². The lowest BCUT2D eigenvalue weighted by Crippen LogP contribution is -2.08. The predicted molar refractivity (Wildman–Crippen MR) is 72.1 cm³/mol. The maximum Gasteiger partial charge on any atom is 0.359 e. The molecule has 4 heteroatoms. The molecule has 3 rings (SSSR count). The van der Waals surface area contributed by atoms with Crippen LogP contribution in [0, 0.1) is 11.8 Å². The monoisotopic (exact) mass is 262 g/mol. The molecule has 0 aromatic carbocycles. The van der Waals surface area contributed by atoms with E-state index in [0.717, 1.165) is 23.8 Å². The Kier molecular flexibility index (Phi) is 3.33. The van der Waals surface area contributed by atoms with Crippen molar-refractivity contribution < 1.29 is 9.53 Å². The fraction of sp³-hybridized carbons (Fsp3) is 0.733. The van der Waals surface area contributed by atoms with Gasteiger partial charge in [0.05, 0.1) is 6.61 Å². The summed E-state index contributed by atoms with van der Waals surface area (Å²) >= 11 is 0. The number of unbranched alkanes of at least 4 members (excludes halogenated alkanes) is 2. The Labute approximate surface area is 113 Å².